The highest BCUT2D eigenvalue weighted by Crippen LogP contribution is 2.40. The third-order valence-corrected chi connectivity index (χ3v) is 11.1. The average molecular weight is 693 g/mol. The second-order valence-electron chi connectivity index (χ2n) is 14.4. The number of hydrogen-bond donors (Lipinski definition) is 0. The van der Waals surface area contributed by atoms with Gasteiger partial charge in [-0.15, -0.1) is 0 Å². The van der Waals surface area contributed by atoms with Crippen LogP contribution in [0, 0.1) is 0 Å². The van der Waals surface area contributed by atoms with Crippen LogP contribution in [-0.2, 0) is 6.42 Å². The van der Waals surface area contributed by atoms with Crippen molar-refractivity contribution in [3.05, 3.63) is 194 Å². The Morgan fingerprint density at radius 3 is 1.46 bits per heavy atom. The van der Waals surface area contributed by atoms with Crippen LogP contribution in [0.3, 0.4) is 0 Å². The maximum absolute atomic E-state index is 2.46. The molecule has 10 aromatic rings. The fourth-order valence-electron chi connectivity index (χ4n) is 8.43. The molecule has 0 bridgehead atoms. The van der Waals surface area contributed by atoms with Gasteiger partial charge in [-0.05, 0) is 119 Å². The van der Waals surface area contributed by atoms with Gasteiger partial charge >= 0.3 is 0 Å². The summed E-state index contributed by atoms with van der Waals surface area (Å²) in [5.41, 5.74) is 15.9. The highest BCUT2D eigenvalue weighted by Gasteiger charge is 2.17. The lowest BCUT2D eigenvalue weighted by Gasteiger charge is -2.15. The van der Waals surface area contributed by atoms with E-state index < -0.39 is 0 Å². The number of nitrogens with zero attached hydrogens (tertiary/aromatic N) is 2. The molecule has 2 heterocycles. The fraction of sp³-hybridized carbons (Fsp3) is 0.0769. The fourth-order valence-corrected chi connectivity index (χ4v) is 8.43. The monoisotopic (exact) mass is 692 g/mol. The molecule has 0 N–H and O–H groups in total. The highest BCUT2D eigenvalue weighted by molar-refractivity contribution is 6.12. The predicted octanol–water partition coefficient (Wildman–Crippen LogP) is 14.2. The Labute approximate surface area is 316 Å². The summed E-state index contributed by atoms with van der Waals surface area (Å²) in [6.07, 6.45) is 3.50. The zero-order valence-corrected chi connectivity index (χ0v) is 30.4. The SMILES string of the molecule is CCCCc1cccc(-c2cc(-c3ccccc3)cc(-n3c4ccccc4c4cc(-c5ccc6c(c5)c5ccccc5n6-c5ccccc5)ccc43)c2)c1. The van der Waals surface area contributed by atoms with Crippen LogP contribution in [0.4, 0.5) is 0 Å². The summed E-state index contributed by atoms with van der Waals surface area (Å²) in [7, 11) is 0. The van der Waals surface area contributed by atoms with Gasteiger partial charge in [-0.2, -0.15) is 0 Å². The average Bonchev–Trinajstić information content (AvgIpc) is 3.76. The van der Waals surface area contributed by atoms with Crippen molar-refractivity contribution in [1.29, 1.82) is 0 Å². The molecule has 8 aromatic carbocycles. The van der Waals surface area contributed by atoms with Crippen molar-refractivity contribution >= 4 is 43.6 Å². The largest absolute Gasteiger partial charge is 0.309 e. The molecule has 0 spiro atoms. The van der Waals surface area contributed by atoms with Gasteiger partial charge in [0.05, 0.1) is 22.1 Å². The maximum atomic E-state index is 2.46. The zero-order chi connectivity index (χ0) is 36.0. The van der Waals surface area contributed by atoms with Gasteiger partial charge in [0, 0.05) is 32.9 Å². The summed E-state index contributed by atoms with van der Waals surface area (Å²) in [4.78, 5) is 0. The van der Waals surface area contributed by atoms with Gasteiger partial charge in [-0.1, -0.05) is 135 Å². The van der Waals surface area contributed by atoms with E-state index in [1.165, 1.54) is 107 Å². The number of aryl methyl sites for hydroxylation is 1. The van der Waals surface area contributed by atoms with Gasteiger partial charge in [-0.25, -0.2) is 0 Å². The van der Waals surface area contributed by atoms with E-state index in [4.69, 9.17) is 0 Å². The molecule has 0 amide bonds. The Balaban J connectivity index is 1.15. The first-order valence-corrected chi connectivity index (χ1v) is 19.2. The lowest BCUT2D eigenvalue weighted by atomic mass is 9.96. The van der Waals surface area contributed by atoms with Crippen molar-refractivity contribution in [3.8, 4) is 44.8 Å². The quantitative estimate of drug-likeness (QED) is 0.150. The summed E-state index contributed by atoms with van der Waals surface area (Å²) < 4.78 is 4.84. The van der Waals surface area contributed by atoms with Crippen molar-refractivity contribution in [2.24, 2.45) is 0 Å². The van der Waals surface area contributed by atoms with Gasteiger partial charge in [0.2, 0.25) is 0 Å². The third-order valence-electron chi connectivity index (χ3n) is 11.1. The molecule has 0 atom stereocenters. The smallest absolute Gasteiger partial charge is 0.0541 e. The van der Waals surface area contributed by atoms with Crippen LogP contribution in [0.25, 0.3) is 88.4 Å². The highest BCUT2D eigenvalue weighted by atomic mass is 15.0. The molecule has 0 unspecified atom stereocenters. The first kappa shape index (κ1) is 32.0. The molecular formula is C52H40N2. The minimum Gasteiger partial charge on any atom is -0.309 e. The number of para-hydroxylation sites is 3. The van der Waals surface area contributed by atoms with Crippen LogP contribution in [0.1, 0.15) is 25.3 Å². The van der Waals surface area contributed by atoms with Gasteiger partial charge in [-0.3, -0.25) is 0 Å². The van der Waals surface area contributed by atoms with E-state index in [0.29, 0.717) is 0 Å². The normalized spacial score (nSPS) is 11.6. The Bertz CT molecular complexity index is 2960. The number of fused-ring (bicyclic) bond motifs is 6. The van der Waals surface area contributed by atoms with Gasteiger partial charge in [0.15, 0.2) is 0 Å². The molecule has 2 nitrogen and oxygen atoms in total. The Morgan fingerprint density at radius 2 is 0.833 bits per heavy atom. The van der Waals surface area contributed by atoms with Crippen molar-refractivity contribution in [3.63, 3.8) is 0 Å². The summed E-state index contributed by atoms with van der Waals surface area (Å²) in [6.45, 7) is 2.26. The van der Waals surface area contributed by atoms with Crippen LogP contribution in [0.2, 0.25) is 0 Å². The minimum atomic E-state index is 1.10. The minimum absolute atomic E-state index is 1.10. The molecule has 0 saturated carbocycles. The summed E-state index contributed by atoms with van der Waals surface area (Å²) in [5.74, 6) is 0. The molecule has 0 aliphatic heterocycles. The van der Waals surface area contributed by atoms with Crippen molar-refractivity contribution in [2.75, 3.05) is 0 Å². The maximum Gasteiger partial charge on any atom is 0.0541 e. The molecule has 2 heteroatoms. The molecular weight excluding hydrogens is 653 g/mol. The number of unbranched alkanes of at least 4 members (excludes halogenated alkanes) is 1. The van der Waals surface area contributed by atoms with E-state index in [1.807, 2.05) is 0 Å². The van der Waals surface area contributed by atoms with Gasteiger partial charge < -0.3 is 9.13 Å². The molecule has 10 rings (SSSR count). The lowest BCUT2D eigenvalue weighted by Crippen LogP contribution is -1.96. The molecule has 54 heavy (non-hydrogen) atoms. The van der Waals surface area contributed by atoms with E-state index in [1.54, 1.807) is 0 Å². The topological polar surface area (TPSA) is 9.86 Å². The standard InChI is InChI=1S/C52H40N2/c1-2-3-15-36-16-14-19-38(30-36)42-31-41(37-17-6-4-7-18-37)32-44(33-42)54-50-25-13-11-23-46(50)48-35-40(27-29-52(48)54)39-26-28-51-47(34-39)45-22-10-12-24-49(45)53(51)43-20-8-5-9-21-43/h4-14,16-35H,2-3,15H2,1H3. The van der Waals surface area contributed by atoms with Crippen LogP contribution in [-0.4, -0.2) is 9.13 Å². The van der Waals surface area contributed by atoms with Crippen LogP contribution in [0.15, 0.2) is 188 Å². The first-order chi connectivity index (χ1) is 26.7. The number of hydrogen-bond acceptors (Lipinski definition) is 0. The predicted molar refractivity (Wildman–Crippen MR) is 230 cm³/mol. The van der Waals surface area contributed by atoms with Crippen molar-refractivity contribution in [2.45, 2.75) is 26.2 Å². The molecule has 0 radical (unpaired) electrons. The number of aromatic nitrogens is 2. The Kier molecular flexibility index (Phi) is 7.95. The molecule has 0 aliphatic carbocycles. The van der Waals surface area contributed by atoms with E-state index in [2.05, 4.69) is 204 Å². The van der Waals surface area contributed by atoms with Crippen molar-refractivity contribution in [1.82, 2.24) is 9.13 Å². The van der Waals surface area contributed by atoms with E-state index in [9.17, 15) is 0 Å². The molecule has 0 aliphatic rings. The van der Waals surface area contributed by atoms with E-state index in [-0.39, 0.29) is 0 Å². The summed E-state index contributed by atoms with van der Waals surface area (Å²) in [6, 6.07) is 69.3. The number of benzene rings is 8. The molecule has 258 valence electrons. The summed E-state index contributed by atoms with van der Waals surface area (Å²) >= 11 is 0. The summed E-state index contributed by atoms with van der Waals surface area (Å²) in [5, 5.41) is 5.03. The van der Waals surface area contributed by atoms with Crippen LogP contribution < -0.4 is 0 Å². The van der Waals surface area contributed by atoms with Crippen LogP contribution in [0.5, 0.6) is 0 Å². The molecule has 2 aromatic heterocycles. The second kappa shape index (κ2) is 13.4. The van der Waals surface area contributed by atoms with Gasteiger partial charge in [0.25, 0.3) is 0 Å². The van der Waals surface area contributed by atoms with E-state index >= 15 is 0 Å². The Hall–Kier alpha value is -6.64. The zero-order valence-electron chi connectivity index (χ0n) is 30.4. The first-order valence-electron chi connectivity index (χ1n) is 19.2. The second-order valence-corrected chi connectivity index (χ2v) is 14.4. The molecule has 0 fully saturated rings. The third kappa shape index (κ3) is 5.50. The number of rotatable bonds is 8. The van der Waals surface area contributed by atoms with E-state index in [0.717, 1.165) is 6.42 Å². The van der Waals surface area contributed by atoms with Crippen LogP contribution >= 0.6 is 0 Å². The molecule has 0 saturated heterocycles. The lowest BCUT2D eigenvalue weighted by molar-refractivity contribution is 0.795. The van der Waals surface area contributed by atoms with Crippen molar-refractivity contribution < 1.29 is 0 Å². The van der Waals surface area contributed by atoms with Gasteiger partial charge in [0.1, 0.15) is 0 Å². The Morgan fingerprint density at radius 1 is 0.333 bits per heavy atom.